The molecule has 0 spiro atoms. The van der Waals surface area contributed by atoms with Crippen LogP contribution in [-0.2, 0) is 47.2 Å². The van der Waals surface area contributed by atoms with Crippen LogP contribution >= 0.6 is 43.2 Å². The van der Waals surface area contributed by atoms with Crippen LogP contribution in [0.5, 0.6) is 28.7 Å². The number of aryl methyl sites for hydroxylation is 1. The maximum absolute atomic E-state index is 17.3. The molecule has 83 heavy (non-hydrogen) atoms. The Bertz CT molecular complexity index is 3230. The van der Waals surface area contributed by atoms with Gasteiger partial charge in [0.1, 0.15) is 11.9 Å². The minimum Gasteiger partial charge on any atom is -0.508 e. The lowest BCUT2D eigenvalue weighted by Crippen LogP contribution is -2.62. The SMILES string of the molecule is CCc1ccc2cccc3c2c1Cc1c(ccc(O)c1OC)CC(Cc1cc[nH]c1)C(O)C1C(=O)C(c2cc(O)cc(CNC)c2)(C2CSSCC4CCC(COC5(C)CCCC5)CC4Oc4cc2ccc4O)C(O)CC1CSSC3CO. The van der Waals surface area contributed by atoms with Gasteiger partial charge in [0.25, 0.3) is 0 Å². The Morgan fingerprint density at radius 1 is 0.855 bits per heavy atom. The Morgan fingerprint density at radius 3 is 2.43 bits per heavy atom. The monoisotopic (exact) mass is 1200 g/mol. The molecular weight excluding hydrogens is 1120 g/mol. The summed E-state index contributed by atoms with van der Waals surface area (Å²) in [5.41, 5.74) is 5.85. The van der Waals surface area contributed by atoms with E-state index in [-0.39, 0.29) is 58.9 Å². The van der Waals surface area contributed by atoms with E-state index in [2.05, 4.69) is 48.4 Å². The molecule has 5 aromatic carbocycles. The van der Waals surface area contributed by atoms with Gasteiger partial charge in [0, 0.05) is 65.9 Å². The van der Waals surface area contributed by atoms with Crippen LogP contribution in [0.15, 0.2) is 97.3 Å². The predicted molar refractivity (Wildman–Crippen MR) is 337 cm³/mol. The second-order valence-corrected chi connectivity index (χ2v) is 29.6. The Kier molecular flexibility index (Phi) is 19.0. The van der Waals surface area contributed by atoms with Crippen LogP contribution < -0.4 is 14.8 Å². The summed E-state index contributed by atoms with van der Waals surface area (Å²) >= 11 is 0. The molecule has 11 unspecified atom stereocenters. The molecule has 5 aliphatic rings. The third kappa shape index (κ3) is 12.3. The van der Waals surface area contributed by atoms with Crippen molar-refractivity contribution in [1.82, 2.24) is 10.3 Å². The summed E-state index contributed by atoms with van der Waals surface area (Å²) in [5.74, 6) is -0.546. The fourth-order valence-corrected chi connectivity index (χ4v) is 20.7. The van der Waals surface area contributed by atoms with E-state index in [1.165, 1.54) is 12.8 Å². The van der Waals surface area contributed by atoms with E-state index in [4.69, 9.17) is 14.2 Å². The normalized spacial score (nSPS) is 28.6. The highest BCUT2D eigenvalue weighted by atomic mass is 33.1. The second kappa shape index (κ2) is 26.2. The number of H-pyrrole nitrogens is 1. The van der Waals surface area contributed by atoms with Gasteiger partial charge in [0.05, 0.1) is 48.8 Å². The number of carbonyl (C=O) groups is 1. The van der Waals surface area contributed by atoms with Crippen molar-refractivity contribution in [3.63, 3.8) is 0 Å². The fraction of sp³-hybridized carbons (Fsp3) is 0.507. The summed E-state index contributed by atoms with van der Waals surface area (Å²) in [4.78, 5) is 20.6. The number of aliphatic hydroxyl groups is 3. The number of aliphatic hydroxyl groups excluding tert-OH is 3. The zero-order valence-electron chi connectivity index (χ0n) is 48.2. The first-order chi connectivity index (χ1) is 40.2. The lowest BCUT2D eigenvalue weighted by Gasteiger charge is -2.52. The summed E-state index contributed by atoms with van der Waals surface area (Å²) in [6.07, 6.45) is 10.3. The number of nitrogens with one attached hydrogen (secondary N) is 2. The molecule has 3 fully saturated rings. The quantitative estimate of drug-likeness (QED) is 0.0539. The number of ether oxygens (including phenoxy) is 3. The average molecular weight is 1200 g/mol. The van der Waals surface area contributed by atoms with Crippen molar-refractivity contribution < 1.29 is 49.6 Å². The highest BCUT2D eigenvalue weighted by molar-refractivity contribution is 8.77. The minimum atomic E-state index is -1.74. The van der Waals surface area contributed by atoms with E-state index >= 15 is 4.79 Å². The highest BCUT2D eigenvalue weighted by Crippen LogP contribution is 2.57. The lowest BCUT2D eigenvalue weighted by atomic mass is 9.52. The molecule has 2 bridgehead atoms. The number of carbonyl (C=O) groups excluding carboxylic acids is 1. The molecule has 0 amide bonds. The minimum absolute atomic E-state index is 0.00237. The fourth-order valence-electron chi connectivity index (χ4n) is 15.0. The molecule has 1 aromatic heterocycles. The molecule has 2 aliphatic heterocycles. The second-order valence-electron chi connectivity index (χ2n) is 24.5. The summed E-state index contributed by atoms with van der Waals surface area (Å²) in [7, 11) is 9.93. The van der Waals surface area contributed by atoms with Crippen molar-refractivity contribution in [1.29, 1.82) is 0 Å². The number of fused-ring (bicyclic) bond motifs is 5. The summed E-state index contributed by atoms with van der Waals surface area (Å²) < 4.78 is 19.8. The van der Waals surface area contributed by atoms with Crippen molar-refractivity contribution in [2.24, 2.45) is 29.6 Å². The molecule has 8 N–H and O–H groups in total. The Balaban J connectivity index is 1.06. The van der Waals surface area contributed by atoms with E-state index in [9.17, 15) is 30.6 Å². The van der Waals surface area contributed by atoms with Gasteiger partial charge in [-0.3, -0.25) is 4.79 Å². The van der Waals surface area contributed by atoms with Gasteiger partial charge in [0.2, 0.25) is 0 Å². The number of methoxy groups -OCH3 is 1. The van der Waals surface area contributed by atoms with E-state index in [1.54, 1.807) is 74.6 Å². The van der Waals surface area contributed by atoms with Gasteiger partial charge in [0.15, 0.2) is 28.8 Å². The first-order valence-electron chi connectivity index (χ1n) is 29.9. The Labute approximate surface area is 504 Å². The Morgan fingerprint density at radius 2 is 1.66 bits per heavy atom. The number of benzene rings is 5. The van der Waals surface area contributed by atoms with Gasteiger partial charge >= 0.3 is 0 Å². The number of ketones is 1. The van der Waals surface area contributed by atoms with Gasteiger partial charge in [-0.2, -0.15) is 0 Å². The van der Waals surface area contributed by atoms with Crippen molar-refractivity contribution in [2.45, 2.75) is 138 Å². The number of Topliss-reactive ketones (excluding diaryl/α,β-unsaturated/α-hetero) is 1. The van der Waals surface area contributed by atoms with Crippen molar-refractivity contribution in [3.05, 3.63) is 147 Å². The molecule has 0 saturated heterocycles. The number of phenols is 3. The maximum Gasteiger partial charge on any atom is 0.164 e. The molecule has 3 heterocycles. The zero-order valence-corrected chi connectivity index (χ0v) is 51.5. The maximum atomic E-state index is 17.3. The lowest BCUT2D eigenvalue weighted by molar-refractivity contribution is -0.150. The summed E-state index contributed by atoms with van der Waals surface area (Å²) in [6.45, 7) is 5.28. The summed E-state index contributed by atoms with van der Waals surface area (Å²) in [6, 6.07) is 26.8. The van der Waals surface area contributed by atoms with Gasteiger partial charge in [-0.1, -0.05) is 111 Å². The zero-order chi connectivity index (χ0) is 58.0. The van der Waals surface area contributed by atoms with Crippen molar-refractivity contribution in [2.75, 3.05) is 44.6 Å². The van der Waals surface area contributed by atoms with Gasteiger partial charge < -0.3 is 55.2 Å². The molecule has 12 nitrogen and oxygen atoms in total. The molecule has 3 aliphatic carbocycles. The van der Waals surface area contributed by atoms with Crippen LogP contribution in [0.2, 0.25) is 0 Å². The van der Waals surface area contributed by atoms with Gasteiger partial charge in [-0.05, 0) is 181 Å². The number of aromatic nitrogens is 1. The van der Waals surface area contributed by atoms with E-state index in [1.807, 2.05) is 55.8 Å². The average Bonchev–Trinajstić information content (AvgIpc) is 1.21. The molecule has 0 radical (unpaired) electrons. The first kappa shape index (κ1) is 60.2. The third-order valence-corrected chi connectivity index (χ3v) is 24.7. The van der Waals surface area contributed by atoms with E-state index in [0.717, 1.165) is 94.0 Å². The van der Waals surface area contributed by atoms with Crippen LogP contribution in [0.25, 0.3) is 10.8 Å². The van der Waals surface area contributed by atoms with Gasteiger partial charge in [-0.25, -0.2) is 0 Å². The first-order valence-corrected chi connectivity index (χ1v) is 34.8. The largest absolute Gasteiger partial charge is 0.508 e. The number of aromatic hydroxyl groups is 3. The van der Waals surface area contributed by atoms with Crippen LogP contribution in [0.4, 0.5) is 0 Å². The topological polar surface area (TPSA) is 194 Å². The highest BCUT2D eigenvalue weighted by Gasteiger charge is 2.61. The van der Waals surface area contributed by atoms with Crippen LogP contribution in [0, 0.1) is 29.6 Å². The van der Waals surface area contributed by atoms with Gasteiger partial charge in [-0.15, -0.1) is 0 Å². The smallest absolute Gasteiger partial charge is 0.164 e. The molecule has 11 rings (SSSR count). The molecule has 16 heteroatoms. The third-order valence-electron chi connectivity index (χ3n) is 19.3. The Hall–Kier alpha value is -4.49. The van der Waals surface area contributed by atoms with Crippen LogP contribution in [0.1, 0.15) is 126 Å². The molecule has 11 atom stereocenters. The van der Waals surface area contributed by atoms with E-state index in [0.29, 0.717) is 72.5 Å². The molecule has 444 valence electrons. The predicted octanol–water partition coefficient (Wildman–Crippen LogP) is 12.6. The number of hydrogen-bond acceptors (Lipinski definition) is 15. The van der Waals surface area contributed by atoms with E-state index < -0.39 is 41.3 Å². The number of rotatable bonds is 12. The molecular formula is C67H82N2O10S4. The molecule has 6 aromatic rings. The molecule has 3 saturated carbocycles. The van der Waals surface area contributed by atoms with Crippen molar-refractivity contribution in [3.8, 4) is 28.7 Å². The van der Waals surface area contributed by atoms with Crippen LogP contribution in [0.3, 0.4) is 0 Å². The standard InChI is InChI=1S/C67H82N2O10S4/c1-5-42-13-14-43-9-8-10-51-59(34-70)83-82-37-48-29-60(74)67(49-24-41(32-68-3)25-50(71)30-49,54-38-81-80-36-46-12-11-40(35-78-66(2)20-6-7-21-66)26-57(46)79-58-28-45(54)16-17-55(58)72)65(76)62(48)63(75)47(23-39-19-22-69-33-39)27-44-15-18-56(73)64(77-4)53(44)31-52(42)61(43)51/h8-10,13-19,22,24-25,28,30,33,40,46-48,54,57,59-60,62-63,68-75H,5-7,11-12,20-21,23,26-27,29,31-32,34-38H2,1-4H3. The number of phenolic OH excluding ortho intramolecular Hbond substituents is 3. The summed E-state index contributed by atoms with van der Waals surface area (Å²) in [5, 5.41) is 79.0. The number of aromatic amines is 1. The van der Waals surface area contributed by atoms with Crippen LogP contribution in [-0.4, -0.2) is 110 Å². The van der Waals surface area contributed by atoms with Crippen molar-refractivity contribution >= 4 is 59.7 Å². The number of hydrogen-bond donors (Lipinski definition) is 8.